The van der Waals surface area contributed by atoms with Crippen LogP contribution in [0.4, 0.5) is 5.69 Å². The Morgan fingerprint density at radius 2 is 1.91 bits per heavy atom. The number of fused-ring (bicyclic) bond motifs is 1. The van der Waals surface area contributed by atoms with Gasteiger partial charge in [-0.05, 0) is 12.1 Å². The first-order valence-electron chi connectivity index (χ1n) is 7.31. The Kier molecular flexibility index (Phi) is 6.30. The predicted octanol–water partition coefficient (Wildman–Crippen LogP) is -1.88. The molecule has 1 saturated heterocycles. The molecular formula is C15H20ClN2O4-. The summed E-state index contributed by atoms with van der Waals surface area (Å²) in [6.07, 6.45) is 0.463. The molecule has 2 aliphatic heterocycles. The summed E-state index contributed by atoms with van der Waals surface area (Å²) in [4.78, 5) is 14.3. The highest BCUT2D eigenvalue weighted by atomic mass is 35.5. The van der Waals surface area contributed by atoms with Crippen molar-refractivity contribution in [1.82, 2.24) is 4.90 Å². The fourth-order valence-corrected chi connectivity index (χ4v) is 2.47. The summed E-state index contributed by atoms with van der Waals surface area (Å²) in [5, 5.41) is 2.91. The van der Waals surface area contributed by atoms with Crippen LogP contribution in [0.3, 0.4) is 0 Å². The molecule has 7 heteroatoms. The Bertz CT molecular complexity index is 506. The highest BCUT2D eigenvalue weighted by molar-refractivity contribution is 5.93. The quantitative estimate of drug-likeness (QED) is 0.702. The molecule has 1 fully saturated rings. The summed E-state index contributed by atoms with van der Waals surface area (Å²) in [6, 6.07) is 5.53. The smallest absolute Gasteiger partial charge is 0.225 e. The highest BCUT2D eigenvalue weighted by Crippen LogP contribution is 2.37. The number of nitrogens with zero attached hydrogens (tertiary/aromatic N) is 1. The molecule has 0 aromatic heterocycles. The van der Waals surface area contributed by atoms with E-state index in [2.05, 4.69) is 10.2 Å². The fourth-order valence-electron chi connectivity index (χ4n) is 2.47. The number of rotatable bonds is 4. The van der Waals surface area contributed by atoms with Crippen LogP contribution in [0.5, 0.6) is 11.5 Å². The van der Waals surface area contributed by atoms with Crippen molar-refractivity contribution in [1.29, 1.82) is 0 Å². The van der Waals surface area contributed by atoms with Gasteiger partial charge in [0.1, 0.15) is 13.2 Å². The molecule has 2 heterocycles. The zero-order valence-electron chi connectivity index (χ0n) is 12.3. The van der Waals surface area contributed by atoms with Crippen LogP contribution in [0.25, 0.3) is 0 Å². The molecule has 1 N–H and O–H groups in total. The molecule has 1 aromatic rings. The summed E-state index contributed by atoms with van der Waals surface area (Å²) >= 11 is 0. The molecule has 0 aliphatic carbocycles. The minimum absolute atomic E-state index is 0. The molecule has 22 heavy (non-hydrogen) atoms. The molecule has 122 valence electrons. The summed E-state index contributed by atoms with van der Waals surface area (Å²) in [5.41, 5.74) is 0.680. The lowest BCUT2D eigenvalue weighted by molar-refractivity contribution is -0.116. The van der Waals surface area contributed by atoms with Crippen LogP contribution in [0.2, 0.25) is 0 Å². The van der Waals surface area contributed by atoms with Gasteiger partial charge in [-0.2, -0.15) is 0 Å². The lowest BCUT2D eigenvalue weighted by Crippen LogP contribution is -3.00. The Morgan fingerprint density at radius 3 is 2.73 bits per heavy atom. The van der Waals surface area contributed by atoms with Gasteiger partial charge in [0.05, 0.1) is 18.9 Å². The standard InChI is InChI=1S/C15H20N2O4.ClH/c18-14(4-5-17-6-8-19-9-7-17)16-12-2-1-3-13-15(12)21-11-10-20-13;/h1-3H,4-11H2,(H,16,18);1H/p-1. The van der Waals surface area contributed by atoms with Crippen LogP contribution in [0.1, 0.15) is 6.42 Å². The molecule has 6 nitrogen and oxygen atoms in total. The number of hydrogen-bond donors (Lipinski definition) is 1. The SMILES string of the molecule is O=C(CCN1CCOCC1)Nc1cccc2c1OCCO2.[Cl-]. The average molecular weight is 328 g/mol. The lowest BCUT2D eigenvalue weighted by atomic mass is 10.2. The molecule has 0 unspecified atom stereocenters. The van der Waals surface area contributed by atoms with Crippen molar-refractivity contribution in [3.05, 3.63) is 18.2 Å². The predicted molar refractivity (Wildman–Crippen MR) is 77.9 cm³/mol. The number of carbonyl (C=O) groups excluding carboxylic acids is 1. The largest absolute Gasteiger partial charge is 1.00 e. The van der Waals surface area contributed by atoms with Gasteiger partial charge in [0.2, 0.25) is 5.91 Å². The van der Waals surface area contributed by atoms with Crippen molar-refractivity contribution >= 4 is 11.6 Å². The Balaban J connectivity index is 0.00000176. The van der Waals surface area contributed by atoms with Crippen molar-refractivity contribution in [3.8, 4) is 11.5 Å². The zero-order valence-corrected chi connectivity index (χ0v) is 13.1. The first-order valence-corrected chi connectivity index (χ1v) is 7.31. The van der Waals surface area contributed by atoms with Crippen LogP contribution in [0.15, 0.2) is 18.2 Å². The van der Waals surface area contributed by atoms with E-state index in [1.807, 2.05) is 18.2 Å². The monoisotopic (exact) mass is 327 g/mol. The number of benzene rings is 1. The number of para-hydroxylation sites is 1. The summed E-state index contributed by atoms with van der Waals surface area (Å²) in [7, 11) is 0. The van der Waals surface area contributed by atoms with Crippen molar-refractivity contribution in [2.45, 2.75) is 6.42 Å². The summed E-state index contributed by atoms with van der Waals surface area (Å²) < 4.78 is 16.4. The summed E-state index contributed by atoms with van der Waals surface area (Å²) in [6.45, 7) is 5.09. The third-order valence-electron chi connectivity index (χ3n) is 3.60. The van der Waals surface area contributed by atoms with Crippen LogP contribution < -0.4 is 27.2 Å². The van der Waals surface area contributed by atoms with Crippen molar-refractivity contribution in [2.75, 3.05) is 51.4 Å². The first kappa shape index (κ1) is 16.9. The first-order chi connectivity index (χ1) is 10.3. The Morgan fingerprint density at radius 1 is 1.14 bits per heavy atom. The van der Waals surface area contributed by atoms with Gasteiger partial charge < -0.3 is 31.9 Å². The molecular weight excluding hydrogens is 308 g/mol. The minimum Gasteiger partial charge on any atom is -1.00 e. The molecule has 1 aromatic carbocycles. The molecule has 0 spiro atoms. The van der Waals surface area contributed by atoms with E-state index < -0.39 is 0 Å². The second kappa shape index (κ2) is 8.22. The third-order valence-corrected chi connectivity index (χ3v) is 3.60. The summed E-state index contributed by atoms with van der Waals surface area (Å²) in [5.74, 6) is 1.31. The van der Waals surface area contributed by atoms with Gasteiger partial charge in [0.25, 0.3) is 0 Å². The van der Waals surface area contributed by atoms with Crippen LogP contribution >= 0.6 is 0 Å². The van der Waals surface area contributed by atoms with E-state index in [9.17, 15) is 4.79 Å². The van der Waals surface area contributed by atoms with E-state index >= 15 is 0 Å². The van der Waals surface area contributed by atoms with Gasteiger partial charge in [-0.3, -0.25) is 9.69 Å². The zero-order chi connectivity index (χ0) is 14.5. The van der Waals surface area contributed by atoms with Crippen LogP contribution in [-0.4, -0.2) is 56.9 Å². The van der Waals surface area contributed by atoms with Crippen molar-refractivity contribution in [2.24, 2.45) is 0 Å². The molecule has 2 aliphatic rings. The van der Waals surface area contributed by atoms with Crippen molar-refractivity contribution in [3.63, 3.8) is 0 Å². The fraction of sp³-hybridized carbons (Fsp3) is 0.533. The highest BCUT2D eigenvalue weighted by Gasteiger charge is 2.18. The van der Waals surface area contributed by atoms with E-state index in [-0.39, 0.29) is 18.3 Å². The third kappa shape index (κ3) is 4.25. The topological polar surface area (TPSA) is 60.0 Å². The molecule has 1 amide bonds. The van der Waals surface area contributed by atoms with Gasteiger partial charge in [-0.1, -0.05) is 6.07 Å². The number of morpholine rings is 1. The van der Waals surface area contributed by atoms with E-state index in [0.717, 1.165) is 32.8 Å². The van der Waals surface area contributed by atoms with Gasteiger partial charge in [0, 0.05) is 26.1 Å². The maximum absolute atomic E-state index is 12.1. The second-order valence-electron chi connectivity index (χ2n) is 5.08. The Labute approximate surface area is 136 Å². The van der Waals surface area contributed by atoms with Crippen LogP contribution in [-0.2, 0) is 9.53 Å². The number of nitrogens with one attached hydrogen (secondary N) is 1. The van der Waals surface area contributed by atoms with E-state index in [4.69, 9.17) is 14.2 Å². The van der Waals surface area contributed by atoms with E-state index in [1.165, 1.54) is 0 Å². The molecule has 0 radical (unpaired) electrons. The number of carbonyl (C=O) groups is 1. The molecule has 0 bridgehead atoms. The average Bonchev–Trinajstić information content (AvgIpc) is 2.54. The number of anilines is 1. The van der Waals surface area contributed by atoms with Gasteiger partial charge >= 0.3 is 0 Å². The number of hydrogen-bond acceptors (Lipinski definition) is 5. The molecule has 0 saturated carbocycles. The van der Waals surface area contributed by atoms with Gasteiger partial charge in [0.15, 0.2) is 11.5 Å². The normalized spacial score (nSPS) is 17.5. The molecule has 3 rings (SSSR count). The maximum Gasteiger partial charge on any atom is 0.225 e. The van der Waals surface area contributed by atoms with Crippen molar-refractivity contribution < 1.29 is 31.4 Å². The number of halogens is 1. The molecule has 0 atom stereocenters. The Hall–Kier alpha value is -1.50. The van der Waals surface area contributed by atoms with Gasteiger partial charge in [-0.15, -0.1) is 0 Å². The maximum atomic E-state index is 12.1. The van der Waals surface area contributed by atoms with E-state index in [1.54, 1.807) is 0 Å². The lowest BCUT2D eigenvalue weighted by Gasteiger charge is -2.26. The second-order valence-corrected chi connectivity index (χ2v) is 5.08. The van der Waals surface area contributed by atoms with Gasteiger partial charge in [-0.25, -0.2) is 0 Å². The van der Waals surface area contributed by atoms with Crippen LogP contribution in [0, 0.1) is 0 Å². The minimum atomic E-state index is -0.0101. The number of ether oxygens (including phenoxy) is 3. The number of amides is 1. The van der Waals surface area contributed by atoms with E-state index in [0.29, 0.717) is 36.8 Å².